The molecule has 0 bridgehead atoms. The number of hydrogen-bond acceptors (Lipinski definition) is 4. The molecule has 150 valence electrons. The molecule has 0 radical (unpaired) electrons. The first-order valence-electron chi connectivity index (χ1n) is 9.02. The molecule has 0 aliphatic rings. The number of nitrogens with zero attached hydrogens (tertiary/aromatic N) is 2. The van der Waals surface area contributed by atoms with Gasteiger partial charge in [-0.3, -0.25) is 4.79 Å². The van der Waals surface area contributed by atoms with Gasteiger partial charge in [-0.2, -0.15) is 5.10 Å². The molecule has 1 aromatic heterocycles. The number of hydrogen-bond donors (Lipinski definition) is 1. The minimum absolute atomic E-state index is 0.158. The van der Waals surface area contributed by atoms with Gasteiger partial charge in [-0.1, -0.05) is 34.1 Å². The van der Waals surface area contributed by atoms with Gasteiger partial charge in [0.25, 0.3) is 5.91 Å². The highest BCUT2D eigenvalue weighted by atomic mass is 79.9. The number of methoxy groups -OCH3 is 1. The summed E-state index contributed by atoms with van der Waals surface area (Å²) in [6, 6.07) is 17.3. The van der Waals surface area contributed by atoms with E-state index in [1.165, 1.54) is 0 Å². The van der Waals surface area contributed by atoms with Crippen LogP contribution in [-0.4, -0.2) is 30.4 Å². The highest BCUT2D eigenvalue weighted by Crippen LogP contribution is 2.25. The highest BCUT2D eigenvalue weighted by molar-refractivity contribution is 9.10. The van der Waals surface area contributed by atoms with E-state index in [4.69, 9.17) is 9.47 Å². The van der Waals surface area contributed by atoms with Crippen LogP contribution in [0, 0.1) is 13.8 Å². The van der Waals surface area contributed by atoms with E-state index in [0.717, 1.165) is 27.1 Å². The molecule has 29 heavy (non-hydrogen) atoms. The smallest absolute Gasteiger partial charge is 0.277 e. The third-order valence-corrected chi connectivity index (χ3v) is 4.85. The number of amides is 1. The zero-order chi connectivity index (χ0) is 20.8. The monoisotopic (exact) mass is 455 g/mol. The van der Waals surface area contributed by atoms with Crippen LogP contribution in [0.4, 0.5) is 0 Å². The SMILES string of the molecule is COc1ccccc1OCC(=O)N/N=C/c1cc(C)n(-c2cccc(Br)c2)c1C. The standard InChI is InChI=1S/C22H22BrN3O3/c1-15-11-17(16(2)26(15)19-8-6-7-18(23)12-19)13-24-25-22(27)14-29-21-10-5-4-9-20(21)28-3/h4-13H,14H2,1-3H3,(H,25,27)/b24-13+. The zero-order valence-corrected chi connectivity index (χ0v) is 18.1. The van der Waals surface area contributed by atoms with Gasteiger partial charge >= 0.3 is 0 Å². The lowest BCUT2D eigenvalue weighted by Crippen LogP contribution is -2.24. The molecule has 0 saturated carbocycles. The number of rotatable bonds is 7. The van der Waals surface area contributed by atoms with Crippen LogP contribution in [0.3, 0.4) is 0 Å². The molecule has 1 N–H and O–H groups in total. The second-order valence-electron chi connectivity index (χ2n) is 6.37. The molecule has 0 aliphatic heterocycles. The average Bonchev–Trinajstić information content (AvgIpc) is 2.99. The van der Waals surface area contributed by atoms with Crippen molar-refractivity contribution < 1.29 is 14.3 Å². The Balaban J connectivity index is 1.63. The van der Waals surface area contributed by atoms with Crippen LogP contribution in [0.5, 0.6) is 11.5 Å². The second kappa shape index (κ2) is 9.43. The summed E-state index contributed by atoms with van der Waals surface area (Å²) in [4.78, 5) is 12.0. The molecule has 0 atom stereocenters. The maximum atomic E-state index is 12.0. The third kappa shape index (κ3) is 5.06. The molecule has 0 unspecified atom stereocenters. The van der Waals surface area contributed by atoms with Gasteiger partial charge in [0.15, 0.2) is 18.1 Å². The molecule has 0 saturated heterocycles. The van der Waals surface area contributed by atoms with Crippen molar-refractivity contribution in [1.29, 1.82) is 0 Å². The lowest BCUT2D eigenvalue weighted by molar-refractivity contribution is -0.123. The number of carbonyl (C=O) groups is 1. The Hall–Kier alpha value is -3.06. The molecular weight excluding hydrogens is 434 g/mol. The van der Waals surface area contributed by atoms with Crippen molar-refractivity contribution in [3.05, 3.63) is 76.0 Å². The van der Waals surface area contributed by atoms with E-state index in [1.807, 2.05) is 50.2 Å². The summed E-state index contributed by atoms with van der Waals surface area (Å²) in [5.41, 5.74) is 6.58. The van der Waals surface area contributed by atoms with Crippen LogP contribution in [0.15, 0.2) is 64.2 Å². The van der Waals surface area contributed by atoms with Gasteiger partial charge in [0.2, 0.25) is 0 Å². The molecule has 3 aromatic rings. The average molecular weight is 456 g/mol. The second-order valence-corrected chi connectivity index (χ2v) is 7.29. The number of aryl methyl sites for hydroxylation is 1. The molecule has 0 aliphatic carbocycles. The highest BCUT2D eigenvalue weighted by Gasteiger charge is 2.10. The van der Waals surface area contributed by atoms with Gasteiger partial charge in [0, 0.05) is 27.1 Å². The quantitative estimate of drug-likeness (QED) is 0.424. The first-order chi connectivity index (χ1) is 14.0. The summed E-state index contributed by atoms with van der Waals surface area (Å²) in [5, 5.41) is 4.06. The molecule has 3 rings (SSSR count). The molecular formula is C22H22BrN3O3. The fourth-order valence-corrected chi connectivity index (χ4v) is 3.41. The molecule has 0 spiro atoms. The number of carbonyl (C=O) groups excluding carboxylic acids is 1. The van der Waals surface area contributed by atoms with Gasteiger partial charge in [-0.05, 0) is 50.2 Å². The van der Waals surface area contributed by atoms with E-state index >= 15 is 0 Å². The Kier molecular flexibility index (Phi) is 6.72. The molecule has 1 amide bonds. The van der Waals surface area contributed by atoms with Crippen LogP contribution < -0.4 is 14.9 Å². The Labute approximate surface area is 178 Å². The van der Waals surface area contributed by atoms with Crippen molar-refractivity contribution in [2.75, 3.05) is 13.7 Å². The van der Waals surface area contributed by atoms with Gasteiger partial charge in [0.1, 0.15) is 0 Å². The first kappa shape index (κ1) is 20.7. The van der Waals surface area contributed by atoms with E-state index in [1.54, 1.807) is 25.5 Å². The van der Waals surface area contributed by atoms with Crippen molar-refractivity contribution in [3.63, 3.8) is 0 Å². The Morgan fingerprint density at radius 2 is 1.90 bits per heavy atom. The number of hydrazone groups is 1. The third-order valence-electron chi connectivity index (χ3n) is 4.36. The predicted molar refractivity (Wildman–Crippen MR) is 117 cm³/mol. The maximum absolute atomic E-state index is 12.0. The van der Waals surface area contributed by atoms with Crippen molar-refractivity contribution in [2.45, 2.75) is 13.8 Å². The van der Waals surface area contributed by atoms with Crippen molar-refractivity contribution >= 4 is 28.1 Å². The van der Waals surface area contributed by atoms with Gasteiger partial charge in [-0.15, -0.1) is 0 Å². The zero-order valence-electron chi connectivity index (χ0n) is 16.5. The molecule has 1 heterocycles. The number of para-hydroxylation sites is 2. The molecule has 7 heteroatoms. The number of nitrogens with one attached hydrogen (secondary N) is 1. The maximum Gasteiger partial charge on any atom is 0.277 e. The van der Waals surface area contributed by atoms with E-state index in [2.05, 4.69) is 37.1 Å². The lowest BCUT2D eigenvalue weighted by Gasteiger charge is -2.10. The van der Waals surface area contributed by atoms with Gasteiger partial charge < -0.3 is 14.0 Å². The fraction of sp³-hybridized carbons (Fsp3) is 0.182. The van der Waals surface area contributed by atoms with Crippen molar-refractivity contribution in [2.24, 2.45) is 5.10 Å². The number of aromatic nitrogens is 1. The van der Waals surface area contributed by atoms with Crippen LogP contribution >= 0.6 is 15.9 Å². The van der Waals surface area contributed by atoms with Crippen LogP contribution in [0.25, 0.3) is 5.69 Å². The normalized spacial score (nSPS) is 10.9. The van der Waals surface area contributed by atoms with Crippen molar-refractivity contribution in [3.8, 4) is 17.2 Å². The van der Waals surface area contributed by atoms with E-state index < -0.39 is 0 Å². The number of benzene rings is 2. The number of halogens is 1. The van der Waals surface area contributed by atoms with Crippen LogP contribution in [-0.2, 0) is 4.79 Å². The summed E-state index contributed by atoms with van der Waals surface area (Å²) in [6.45, 7) is 3.89. The first-order valence-corrected chi connectivity index (χ1v) is 9.81. The van der Waals surface area contributed by atoms with E-state index in [9.17, 15) is 4.79 Å². The summed E-state index contributed by atoms with van der Waals surface area (Å²) in [7, 11) is 1.55. The predicted octanol–water partition coefficient (Wildman–Crippen LogP) is 4.39. The largest absolute Gasteiger partial charge is 0.493 e. The van der Waals surface area contributed by atoms with Gasteiger partial charge in [-0.25, -0.2) is 5.43 Å². The van der Waals surface area contributed by atoms with Crippen molar-refractivity contribution in [1.82, 2.24) is 9.99 Å². The summed E-state index contributed by atoms with van der Waals surface area (Å²) in [5.74, 6) is 0.725. The fourth-order valence-electron chi connectivity index (χ4n) is 3.02. The number of ether oxygens (including phenoxy) is 2. The lowest BCUT2D eigenvalue weighted by atomic mass is 10.2. The minimum atomic E-state index is -0.354. The topological polar surface area (TPSA) is 64.8 Å². The van der Waals surface area contributed by atoms with Crippen LogP contribution in [0.2, 0.25) is 0 Å². The van der Waals surface area contributed by atoms with Crippen LogP contribution in [0.1, 0.15) is 17.0 Å². The molecule has 2 aromatic carbocycles. The molecule has 6 nitrogen and oxygen atoms in total. The molecule has 0 fully saturated rings. The Morgan fingerprint density at radius 1 is 1.14 bits per heavy atom. The minimum Gasteiger partial charge on any atom is -0.493 e. The van der Waals surface area contributed by atoms with E-state index in [0.29, 0.717) is 11.5 Å². The Bertz CT molecular complexity index is 1040. The van der Waals surface area contributed by atoms with E-state index in [-0.39, 0.29) is 12.5 Å². The summed E-state index contributed by atoms with van der Waals surface area (Å²) < 4.78 is 13.8. The summed E-state index contributed by atoms with van der Waals surface area (Å²) in [6.07, 6.45) is 1.64. The Morgan fingerprint density at radius 3 is 2.62 bits per heavy atom. The van der Waals surface area contributed by atoms with Gasteiger partial charge in [0.05, 0.1) is 13.3 Å². The summed E-state index contributed by atoms with van der Waals surface area (Å²) >= 11 is 3.51.